The predicted octanol–water partition coefficient (Wildman–Crippen LogP) is 9.96. The third kappa shape index (κ3) is 9.62. The number of unbranched alkanes of at least 4 members (excludes halogenated alkanes) is 3. The third-order valence-electron chi connectivity index (χ3n) is 6.95. The number of hydrogen-bond acceptors (Lipinski definition) is 0. The molecule has 1 heteroatoms. The molecule has 1 aliphatic rings. The monoisotopic (exact) mass is 506 g/mol. The SMILES string of the molecule is CCC[CH2][Sn](/[CH]=C/C=C(C)/C=C/C1=C(C)CCCC1(C)C)([CH2]CCC)[CH2]CCC. The van der Waals surface area contributed by atoms with E-state index in [1.807, 2.05) is 0 Å². The van der Waals surface area contributed by atoms with Gasteiger partial charge in [0.1, 0.15) is 0 Å². The van der Waals surface area contributed by atoms with Crippen LogP contribution in [0.1, 0.15) is 106 Å². The molecule has 0 atom stereocenters. The summed E-state index contributed by atoms with van der Waals surface area (Å²) < 4.78 is 7.46. The van der Waals surface area contributed by atoms with Gasteiger partial charge in [-0.1, -0.05) is 0 Å². The van der Waals surface area contributed by atoms with Crippen LogP contribution in [-0.2, 0) is 0 Å². The zero-order chi connectivity index (χ0) is 21.8. The zero-order valence-electron chi connectivity index (χ0n) is 20.9. The number of rotatable bonds is 13. The van der Waals surface area contributed by atoms with Gasteiger partial charge in [-0.05, 0) is 0 Å². The van der Waals surface area contributed by atoms with Crippen molar-refractivity contribution in [1.29, 1.82) is 0 Å². The number of hydrogen-bond donors (Lipinski definition) is 0. The second-order valence-corrected chi connectivity index (χ2v) is 23.2. The summed E-state index contributed by atoms with van der Waals surface area (Å²) in [4.78, 5) is 0. The van der Waals surface area contributed by atoms with Crippen molar-refractivity contribution in [2.24, 2.45) is 5.41 Å². The maximum atomic E-state index is 2.78. The Hall–Kier alpha value is -0.241. The van der Waals surface area contributed by atoms with Crippen LogP contribution in [0.25, 0.3) is 0 Å². The first-order chi connectivity index (χ1) is 13.8. The van der Waals surface area contributed by atoms with E-state index >= 15 is 0 Å². The molecule has 0 aliphatic heterocycles. The zero-order valence-corrected chi connectivity index (χ0v) is 23.7. The van der Waals surface area contributed by atoms with E-state index in [2.05, 4.69) is 76.9 Å². The van der Waals surface area contributed by atoms with E-state index in [0.717, 1.165) is 0 Å². The van der Waals surface area contributed by atoms with Crippen molar-refractivity contribution in [3.05, 3.63) is 45.1 Å². The van der Waals surface area contributed by atoms with Crippen molar-refractivity contribution in [2.45, 2.75) is 120 Å². The molecule has 0 saturated carbocycles. The fourth-order valence-corrected chi connectivity index (χ4v) is 19.0. The van der Waals surface area contributed by atoms with Crippen molar-refractivity contribution >= 4 is 18.4 Å². The van der Waals surface area contributed by atoms with E-state index in [9.17, 15) is 0 Å². The van der Waals surface area contributed by atoms with Crippen LogP contribution in [-0.4, -0.2) is 18.4 Å². The molecule has 0 heterocycles. The summed E-state index contributed by atoms with van der Waals surface area (Å²) in [5, 5.41) is 0. The van der Waals surface area contributed by atoms with Gasteiger partial charge in [-0.15, -0.1) is 0 Å². The average Bonchev–Trinajstić information content (AvgIpc) is 2.68. The molecular weight excluding hydrogens is 455 g/mol. The normalized spacial score (nSPS) is 18.4. The van der Waals surface area contributed by atoms with E-state index in [0.29, 0.717) is 5.41 Å². The van der Waals surface area contributed by atoms with Crippen molar-refractivity contribution in [2.75, 3.05) is 0 Å². The van der Waals surface area contributed by atoms with Gasteiger partial charge in [-0.25, -0.2) is 0 Å². The van der Waals surface area contributed by atoms with Gasteiger partial charge in [0.05, 0.1) is 0 Å². The quantitative estimate of drug-likeness (QED) is 0.173. The molecule has 0 saturated heterocycles. The Balaban J connectivity index is 2.94. The molecule has 0 aromatic heterocycles. The summed E-state index contributed by atoms with van der Waals surface area (Å²) >= 11 is -2.13. The first-order valence-electron chi connectivity index (χ1n) is 12.5. The molecule has 0 bridgehead atoms. The van der Waals surface area contributed by atoms with Gasteiger partial charge in [-0.3, -0.25) is 0 Å². The molecule has 0 aromatic rings. The summed E-state index contributed by atoms with van der Waals surface area (Å²) in [6.07, 6.45) is 21.9. The summed E-state index contributed by atoms with van der Waals surface area (Å²) in [6.45, 7) is 16.5. The molecule has 0 amide bonds. The Kier molecular flexibility index (Phi) is 12.9. The molecule has 0 spiro atoms. The Labute approximate surface area is 187 Å². The van der Waals surface area contributed by atoms with Crippen molar-refractivity contribution in [3.63, 3.8) is 0 Å². The van der Waals surface area contributed by atoms with E-state index in [1.54, 1.807) is 24.5 Å². The molecule has 1 rings (SSSR count). The van der Waals surface area contributed by atoms with Gasteiger partial charge in [0.15, 0.2) is 0 Å². The summed E-state index contributed by atoms with van der Waals surface area (Å²) in [5.74, 6) is 0. The Morgan fingerprint density at radius 2 is 1.52 bits per heavy atom. The first-order valence-corrected chi connectivity index (χ1v) is 20.2. The average molecular weight is 505 g/mol. The van der Waals surface area contributed by atoms with Gasteiger partial charge >= 0.3 is 188 Å². The molecular formula is C28H50Sn. The minimum atomic E-state index is -2.13. The van der Waals surface area contributed by atoms with Crippen LogP contribution in [0.15, 0.2) is 45.1 Å². The molecule has 0 nitrogen and oxygen atoms in total. The fourth-order valence-electron chi connectivity index (χ4n) is 4.90. The predicted molar refractivity (Wildman–Crippen MR) is 137 cm³/mol. The van der Waals surface area contributed by atoms with E-state index in [1.165, 1.54) is 63.4 Å². The van der Waals surface area contributed by atoms with E-state index in [-0.39, 0.29) is 0 Å². The summed E-state index contributed by atoms with van der Waals surface area (Å²) in [5.41, 5.74) is 4.89. The minimum absolute atomic E-state index is 0.334. The van der Waals surface area contributed by atoms with Crippen LogP contribution in [0.2, 0.25) is 13.3 Å². The van der Waals surface area contributed by atoms with Crippen molar-refractivity contribution in [1.82, 2.24) is 0 Å². The number of allylic oxidation sites excluding steroid dienone is 7. The van der Waals surface area contributed by atoms with Crippen LogP contribution in [0, 0.1) is 5.41 Å². The van der Waals surface area contributed by atoms with Crippen LogP contribution >= 0.6 is 0 Å². The van der Waals surface area contributed by atoms with Crippen LogP contribution < -0.4 is 0 Å². The Bertz CT molecular complexity index is 564. The summed E-state index contributed by atoms with van der Waals surface area (Å²) in [6, 6.07) is 0. The second-order valence-electron chi connectivity index (χ2n) is 10.2. The summed E-state index contributed by atoms with van der Waals surface area (Å²) in [7, 11) is 0. The Morgan fingerprint density at radius 3 is 2.00 bits per heavy atom. The van der Waals surface area contributed by atoms with E-state index < -0.39 is 18.4 Å². The van der Waals surface area contributed by atoms with Gasteiger partial charge in [0, 0.05) is 0 Å². The van der Waals surface area contributed by atoms with Gasteiger partial charge in [-0.2, -0.15) is 0 Å². The molecule has 0 radical (unpaired) electrons. The maximum absolute atomic E-state index is 2.78. The fraction of sp³-hybridized carbons (Fsp3) is 0.714. The first kappa shape index (κ1) is 26.8. The van der Waals surface area contributed by atoms with Gasteiger partial charge < -0.3 is 0 Å². The van der Waals surface area contributed by atoms with Crippen molar-refractivity contribution in [3.8, 4) is 0 Å². The second kappa shape index (κ2) is 13.9. The molecule has 166 valence electrons. The molecule has 0 N–H and O–H groups in total. The van der Waals surface area contributed by atoms with Crippen molar-refractivity contribution < 1.29 is 0 Å². The van der Waals surface area contributed by atoms with Crippen LogP contribution in [0.4, 0.5) is 0 Å². The Morgan fingerprint density at radius 1 is 0.966 bits per heavy atom. The third-order valence-corrected chi connectivity index (χ3v) is 21.1. The van der Waals surface area contributed by atoms with E-state index in [4.69, 9.17) is 0 Å². The molecule has 0 fully saturated rings. The topological polar surface area (TPSA) is 0 Å². The standard InChI is InChI=1S/C16H23.3C4H9.Sn/c1-6-8-13(2)10-11-15-14(3)9-7-12-16(15,4)5;3*1-3-4-2;/h1,6,8,10-11H,7,9,12H2,2-5H3;3*1,3-4H2,2H3;/b6-1?,11-10+,13-8+;;;;. The molecule has 29 heavy (non-hydrogen) atoms. The van der Waals surface area contributed by atoms with Crippen LogP contribution in [0.3, 0.4) is 0 Å². The van der Waals surface area contributed by atoms with Gasteiger partial charge in [0.2, 0.25) is 0 Å². The van der Waals surface area contributed by atoms with Crippen LogP contribution in [0.5, 0.6) is 0 Å². The molecule has 1 aliphatic carbocycles. The molecule has 0 aromatic carbocycles. The molecule has 0 unspecified atom stereocenters. The van der Waals surface area contributed by atoms with Gasteiger partial charge in [0.25, 0.3) is 0 Å².